The van der Waals surface area contributed by atoms with E-state index in [-0.39, 0.29) is 12.4 Å². The molecular weight excluding hydrogens is 592 g/mol. The summed E-state index contributed by atoms with van der Waals surface area (Å²) < 4.78 is 16.4. The summed E-state index contributed by atoms with van der Waals surface area (Å²) in [5, 5.41) is 6.56. The maximum absolute atomic E-state index is 13.7. The van der Waals surface area contributed by atoms with Gasteiger partial charge < -0.3 is 24.8 Å². The van der Waals surface area contributed by atoms with E-state index in [1.165, 1.54) is 14.2 Å². The normalized spacial score (nSPS) is 16.2. The molecule has 236 valence electrons. The molecule has 45 heavy (non-hydrogen) atoms. The highest BCUT2D eigenvalue weighted by molar-refractivity contribution is 6.31. The van der Waals surface area contributed by atoms with Crippen molar-refractivity contribution in [2.24, 2.45) is 0 Å². The fourth-order valence-corrected chi connectivity index (χ4v) is 5.34. The first-order valence-electron chi connectivity index (χ1n) is 15.0. The molecule has 9 heteroatoms. The summed E-state index contributed by atoms with van der Waals surface area (Å²) in [6.45, 7) is 0.582. The first kappa shape index (κ1) is 33.3. The Morgan fingerprint density at radius 3 is 2.31 bits per heavy atom. The van der Waals surface area contributed by atoms with Crippen LogP contribution in [0.2, 0.25) is 5.02 Å². The SMILES string of the molecule is COC(=O)CCCCCNc1ccc(Cl)cc1C(=O)NC(C[C@]1(Oc2ccccc2)C=CC(c2ccccc2)=CC1)C(=O)OC. The predicted octanol–water partition coefficient (Wildman–Crippen LogP) is 7.01. The van der Waals surface area contributed by atoms with Crippen LogP contribution in [-0.2, 0) is 19.1 Å². The molecule has 1 unspecified atom stereocenters. The minimum Gasteiger partial charge on any atom is -0.483 e. The van der Waals surface area contributed by atoms with Crippen molar-refractivity contribution in [2.75, 3.05) is 26.1 Å². The van der Waals surface area contributed by atoms with E-state index in [0.29, 0.717) is 47.8 Å². The van der Waals surface area contributed by atoms with E-state index in [1.54, 1.807) is 18.2 Å². The molecule has 1 amide bonds. The number of carbonyl (C=O) groups excluding carboxylic acids is 3. The second-order valence-electron chi connectivity index (χ2n) is 10.8. The quantitative estimate of drug-likeness (QED) is 0.138. The molecule has 1 aliphatic rings. The number of ether oxygens (including phenoxy) is 3. The van der Waals surface area contributed by atoms with E-state index in [2.05, 4.69) is 21.4 Å². The van der Waals surface area contributed by atoms with Crippen LogP contribution in [-0.4, -0.2) is 50.3 Å². The number of para-hydroxylation sites is 1. The second kappa shape index (κ2) is 16.5. The number of esters is 2. The molecular formula is C36H39ClN2O6. The summed E-state index contributed by atoms with van der Waals surface area (Å²) in [5.74, 6) is -0.655. The van der Waals surface area contributed by atoms with Crippen molar-refractivity contribution in [3.63, 3.8) is 0 Å². The summed E-state index contributed by atoms with van der Waals surface area (Å²) in [4.78, 5) is 38.2. The molecule has 4 rings (SSSR count). The molecule has 0 radical (unpaired) electrons. The third kappa shape index (κ3) is 9.71. The third-order valence-electron chi connectivity index (χ3n) is 7.57. The standard InChI is InChI=1S/C36H39ClN2O6/c1-43-33(40)16-10-5-11-23-38-31-18-17-28(37)24-30(31)34(41)39-32(35(42)44-2)25-36(45-29-14-8-4-9-15-29)21-19-27(20-22-36)26-12-6-3-7-13-26/h3-4,6-9,12-15,17-21,24,32,38H,5,10-11,16,22-23,25H2,1-2H3,(H,39,41)/t32?,36-/m0/s1. The van der Waals surface area contributed by atoms with Crippen LogP contribution in [0.5, 0.6) is 5.75 Å². The van der Waals surface area contributed by atoms with Gasteiger partial charge in [-0.2, -0.15) is 0 Å². The summed E-state index contributed by atoms with van der Waals surface area (Å²) in [7, 11) is 2.67. The van der Waals surface area contributed by atoms with Crippen LogP contribution in [0.1, 0.15) is 54.4 Å². The lowest BCUT2D eigenvalue weighted by molar-refractivity contribution is -0.144. The molecule has 0 fully saturated rings. The van der Waals surface area contributed by atoms with Crippen LogP contribution >= 0.6 is 11.6 Å². The minimum atomic E-state index is -1.02. The highest BCUT2D eigenvalue weighted by atomic mass is 35.5. The number of unbranched alkanes of at least 4 members (excludes halogenated alkanes) is 2. The Bertz CT molecular complexity index is 1510. The molecule has 0 spiro atoms. The van der Waals surface area contributed by atoms with Gasteiger partial charge in [0.1, 0.15) is 17.4 Å². The Kier molecular flexibility index (Phi) is 12.2. The molecule has 0 aliphatic heterocycles. The molecule has 2 atom stereocenters. The number of amides is 1. The van der Waals surface area contributed by atoms with Crippen LogP contribution in [0.15, 0.2) is 97.1 Å². The highest BCUT2D eigenvalue weighted by Gasteiger charge is 2.38. The largest absolute Gasteiger partial charge is 0.483 e. The molecule has 0 saturated heterocycles. The van der Waals surface area contributed by atoms with Crippen molar-refractivity contribution in [1.29, 1.82) is 0 Å². The van der Waals surface area contributed by atoms with Gasteiger partial charge in [-0.05, 0) is 60.4 Å². The van der Waals surface area contributed by atoms with E-state index in [4.69, 9.17) is 21.1 Å². The van der Waals surface area contributed by atoms with Gasteiger partial charge in [0.15, 0.2) is 0 Å². The molecule has 1 aliphatic carbocycles. The molecule has 3 aromatic carbocycles. The number of benzene rings is 3. The summed E-state index contributed by atoms with van der Waals surface area (Å²) in [6, 6.07) is 23.4. The zero-order valence-electron chi connectivity index (χ0n) is 25.6. The predicted molar refractivity (Wildman–Crippen MR) is 176 cm³/mol. The minimum absolute atomic E-state index is 0.124. The van der Waals surface area contributed by atoms with Crippen LogP contribution in [0.4, 0.5) is 5.69 Å². The lowest BCUT2D eigenvalue weighted by Crippen LogP contribution is -2.49. The Hall–Kier alpha value is -4.56. The van der Waals surface area contributed by atoms with E-state index in [0.717, 1.165) is 24.0 Å². The Balaban J connectivity index is 1.51. The molecule has 0 aromatic heterocycles. The van der Waals surface area contributed by atoms with Gasteiger partial charge in [-0.15, -0.1) is 0 Å². The van der Waals surface area contributed by atoms with Crippen molar-refractivity contribution >= 4 is 40.7 Å². The van der Waals surface area contributed by atoms with Crippen molar-refractivity contribution in [3.05, 3.63) is 113 Å². The molecule has 0 bridgehead atoms. The maximum atomic E-state index is 13.7. The Labute approximate surface area is 269 Å². The number of methoxy groups -OCH3 is 2. The topological polar surface area (TPSA) is 103 Å². The number of hydrogen-bond acceptors (Lipinski definition) is 7. The van der Waals surface area contributed by atoms with Crippen LogP contribution in [0, 0.1) is 0 Å². The van der Waals surface area contributed by atoms with E-state index in [9.17, 15) is 14.4 Å². The lowest BCUT2D eigenvalue weighted by Gasteiger charge is -2.36. The van der Waals surface area contributed by atoms with Gasteiger partial charge in [-0.1, -0.05) is 78.7 Å². The van der Waals surface area contributed by atoms with Crippen molar-refractivity contribution in [3.8, 4) is 5.75 Å². The van der Waals surface area contributed by atoms with Crippen molar-refractivity contribution in [2.45, 2.75) is 50.2 Å². The number of nitrogens with one attached hydrogen (secondary N) is 2. The smallest absolute Gasteiger partial charge is 0.328 e. The van der Waals surface area contributed by atoms with Gasteiger partial charge in [-0.3, -0.25) is 9.59 Å². The first-order valence-corrected chi connectivity index (χ1v) is 15.4. The number of halogens is 1. The number of anilines is 1. The van der Waals surface area contributed by atoms with Gasteiger partial charge in [0, 0.05) is 36.5 Å². The fourth-order valence-electron chi connectivity index (χ4n) is 5.17. The van der Waals surface area contributed by atoms with Crippen molar-refractivity contribution in [1.82, 2.24) is 5.32 Å². The Morgan fingerprint density at radius 1 is 0.911 bits per heavy atom. The lowest BCUT2D eigenvalue weighted by atomic mass is 9.84. The average Bonchev–Trinajstić information content (AvgIpc) is 3.07. The van der Waals surface area contributed by atoms with Crippen LogP contribution < -0.4 is 15.4 Å². The zero-order valence-corrected chi connectivity index (χ0v) is 26.3. The number of carbonyl (C=O) groups is 3. The van der Waals surface area contributed by atoms with Gasteiger partial charge in [0.2, 0.25) is 0 Å². The third-order valence-corrected chi connectivity index (χ3v) is 7.81. The monoisotopic (exact) mass is 630 g/mol. The maximum Gasteiger partial charge on any atom is 0.328 e. The van der Waals surface area contributed by atoms with E-state index in [1.807, 2.05) is 72.8 Å². The van der Waals surface area contributed by atoms with Gasteiger partial charge in [0.25, 0.3) is 5.91 Å². The van der Waals surface area contributed by atoms with Gasteiger partial charge >= 0.3 is 11.9 Å². The second-order valence-corrected chi connectivity index (χ2v) is 11.2. The zero-order chi connectivity index (χ0) is 32.1. The van der Waals surface area contributed by atoms with Gasteiger partial charge in [-0.25, -0.2) is 4.79 Å². The molecule has 2 N–H and O–H groups in total. The fraction of sp³-hybridized carbons (Fsp3) is 0.306. The number of hydrogen-bond donors (Lipinski definition) is 2. The Morgan fingerprint density at radius 2 is 1.64 bits per heavy atom. The van der Waals surface area contributed by atoms with Crippen LogP contribution in [0.3, 0.4) is 0 Å². The average molecular weight is 631 g/mol. The number of allylic oxidation sites excluding steroid dienone is 2. The first-order chi connectivity index (χ1) is 21.8. The summed E-state index contributed by atoms with van der Waals surface area (Å²) in [5.41, 5.74) is 2.06. The molecule has 0 saturated carbocycles. The molecule has 0 heterocycles. The highest BCUT2D eigenvalue weighted by Crippen LogP contribution is 2.35. The van der Waals surface area contributed by atoms with Gasteiger partial charge in [0.05, 0.1) is 19.8 Å². The summed E-state index contributed by atoms with van der Waals surface area (Å²) >= 11 is 6.29. The molecule has 8 nitrogen and oxygen atoms in total. The van der Waals surface area contributed by atoms with Crippen LogP contribution in [0.25, 0.3) is 5.57 Å². The van der Waals surface area contributed by atoms with E-state index < -0.39 is 23.5 Å². The summed E-state index contributed by atoms with van der Waals surface area (Å²) in [6.07, 6.45) is 9.30. The number of rotatable bonds is 15. The molecule has 3 aromatic rings. The van der Waals surface area contributed by atoms with E-state index >= 15 is 0 Å². The van der Waals surface area contributed by atoms with Crippen molar-refractivity contribution < 1.29 is 28.6 Å².